The third-order valence-corrected chi connectivity index (χ3v) is 4.87. The number of likely N-dealkylation sites (tertiary alicyclic amines) is 1. The molecule has 134 valence electrons. The highest BCUT2D eigenvalue weighted by atomic mass is 16.5. The number of methoxy groups -OCH3 is 1. The number of carbonyl (C=O) groups excluding carboxylic acids is 1. The summed E-state index contributed by atoms with van der Waals surface area (Å²) in [5, 5.41) is 3.22. The van der Waals surface area contributed by atoms with E-state index in [2.05, 4.69) is 10.2 Å². The van der Waals surface area contributed by atoms with Crippen molar-refractivity contribution < 1.29 is 9.53 Å². The lowest BCUT2D eigenvalue weighted by Gasteiger charge is -2.32. The normalized spacial score (nSPS) is 16.1. The standard InChI is InChI=1S/C19H31N3O2/c1-20-11-8-16-9-12-22(13-10-16)15-19(23)21(2)14-17-4-6-18(24-3)7-5-17/h4-7,16,20H,8-15H2,1-3H3. The molecule has 5 nitrogen and oxygen atoms in total. The molecule has 1 amide bonds. The second-order valence-electron chi connectivity index (χ2n) is 6.71. The van der Waals surface area contributed by atoms with Crippen LogP contribution in [0.4, 0.5) is 0 Å². The van der Waals surface area contributed by atoms with Gasteiger partial charge in [0.1, 0.15) is 5.75 Å². The van der Waals surface area contributed by atoms with Crippen molar-refractivity contribution in [3.63, 3.8) is 0 Å². The van der Waals surface area contributed by atoms with Crippen LogP contribution in [0.3, 0.4) is 0 Å². The average molecular weight is 333 g/mol. The first kappa shape index (κ1) is 18.7. The first-order valence-corrected chi connectivity index (χ1v) is 8.86. The molecular weight excluding hydrogens is 302 g/mol. The van der Waals surface area contributed by atoms with E-state index in [1.165, 1.54) is 19.3 Å². The molecular formula is C19H31N3O2. The number of piperidine rings is 1. The van der Waals surface area contributed by atoms with Gasteiger partial charge >= 0.3 is 0 Å². The van der Waals surface area contributed by atoms with Gasteiger partial charge in [0.2, 0.25) is 5.91 Å². The molecule has 0 unspecified atom stereocenters. The van der Waals surface area contributed by atoms with Gasteiger partial charge in [-0.1, -0.05) is 12.1 Å². The van der Waals surface area contributed by atoms with Crippen LogP contribution in [0.5, 0.6) is 5.75 Å². The lowest BCUT2D eigenvalue weighted by Crippen LogP contribution is -2.42. The number of nitrogens with zero attached hydrogens (tertiary/aromatic N) is 2. The molecule has 1 aliphatic rings. The minimum atomic E-state index is 0.194. The van der Waals surface area contributed by atoms with E-state index in [0.717, 1.165) is 36.9 Å². The van der Waals surface area contributed by atoms with Gasteiger partial charge in [-0.15, -0.1) is 0 Å². The van der Waals surface area contributed by atoms with Gasteiger partial charge in [0.05, 0.1) is 13.7 Å². The van der Waals surface area contributed by atoms with Crippen LogP contribution in [0.1, 0.15) is 24.8 Å². The Morgan fingerprint density at radius 3 is 2.54 bits per heavy atom. The summed E-state index contributed by atoms with van der Waals surface area (Å²) in [7, 11) is 5.55. The van der Waals surface area contributed by atoms with Crippen LogP contribution in [-0.2, 0) is 11.3 Å². The van der Waals surface area contributed by atoms with Crippen LogP contribution in [0.2, 0.25) is 0 Å². The molecule has 5 heteroatoms. The summed E-state index contributed by atoms with van der Waals surface area (Å²) in [6.07, 6.45) is 3.66. The molecule has 1 aromatic rings. The van der Waals surface area contributed by atoms with Gasteiger partial charge in [-0.25, -0.2) is 0 Å². The minimum Gasteiger partial charge on any atom is -0.497 e. The second-order valence-corrected chi connectivity index (χ2v) is 6.71. The number of nitrogens with one attached hydrogen (secondary N) is 1. The van der Waals surface area contributed by atoms with Crippen molar-refractivity contribution in [3.05, 3.63) is 29.8 Å². The van der Waals surface area contributed by atoms with Crippen molar-refractivity contribution in [2.45, 2.75) is 25.8 Å². The molecule has 1 N–H and O–H groups in total. The second kappa shape index (κ2) is 9.64. The van der Waals surface area contributed by atoms with Crippen LogP contribution >= 0.6 is 0 Å². The van der Waals surface area contributed by atoms with Gasteiger partial charge in [0, 0.05) is 13.6 Å². The fraction of sp³-hybridized carbons (Fsp3) is 0.632. The Bertz CT molecular complexity index is 496. The first-order valence-electron chi connectivity index (χ1n) is 8.86. The predicted octanol–water partition coefficient (Wildman–Crippen LogP) is 1.98. The number of rotatable bonds is 8. The average Bonchev–Trinajstić information content (AvgIpc) is 2.61. The summed E-state index contributed by atoms with van der Waals surface area (Å²) in [5.74, 6) is 1.84. The molecule has 0 bridgehead atoms. The van der Waals surface area contributed by atoms with Crippen molar-refractivity contribution in [1.29, 1.82) is 0 Å². The number of ether oxygens (including phenoxy) is 1. The maximum atomic E-state index is 12.4. The monoisotopic (exact) mass is 333 g/mol. The molecule has 1 fully saturated rings. The highest BCUT2D eigenvalue weighted by molar-refractivity contribution is 5.78. The number of benzene rings is 1. The molecule has 0 aromatic heterocycles. The van der Waals surface area contributed by atoms with E-state index >= 15 is 0 Å². The number of hydrogen-bond donors (Lipinski definition) is 1. The number of hydrogen-bond acceptors (Lipinski definition) is 4. The van der Waals surface area contributed by atoms with Crippen molar-refractivity contribution in [3.8, 4) is 5.75 Å². The van der Waals surface area contributed by atoms with Gasteiger partial charge in [-0.05, 0) is 69.6 Å². The lowest BCUT2D eigenvalue weighted by atomic mass is 9.93. The van der Waals surface area contributed by atoms with E-state index in [1.807, 2.05) is 43.3 Å². The van der Waals surface area contributed by atoms with Crippen LogP contribution < -0.4 is 10.1 Å². The molecule has 0 spiro atoms. The summed E-state index contributed by atoms with van der Waals surface area (Å²) in [6.45, 7) is 4.34. The Kier molecular flexibility index (Phi) is 7.53. The van der Waals surface area contributed by atoms with E-state index in [-0.39, 0.29) is 5.91 Å². The quantitative estimate of drug-likeness (QED) is 0.790. The summed E-state index contributed by atoms with van der Waals surface area (Å²) in [4.78, 5) is 16.6. The summed E-state index contributed by atoms with van der Waals surface area (Å²) in [6, 6.07) is 7.89. The lowest BCUT2D eigenvalue weighted by molar-refractivity contribution is -0.132. The van der Waals surface area contributed by atoms with E-state index in [4.69, 9.17) is 4.74 Å². The molecule has 24 heavy (non-hydrogen) atoms. The van der Waals surface area contributed by atoms with Gasteiger partial charge in [0.15, 0.2) is 0 Å². The Morgan fingerprint density at radius 2 is 1.96 bits per heavy atom. The Morgan fingerprint density at radius 1 is 1.29 bits per heavy atom. The van der Waals surface area contributed by atoms with E-state index in [0.29, 0.717) is 13.1 Å². The topological polar surface area (TPSA) is 44.8 Å². The van der Waals surface area contributed by atoms with Crippen molar-refractivity contribution in [2.75, 3.05) is 47.4 Å². The first-order chi connectivity index (χ1) is 11.6. The highest BCUT2D eigenvalue weighted by Crippen LogP contribution is 2.20. The molecule has 1 aromatic carbocycles. The van der Waals surface area contributed by atoms with Gasteiger partial charge in [0.25, 0.3) is 0 Å². The van der Waals surface area contributed by atoms with Crippen molar-refractivity contribution in [1.82, 2.24) is 15.1 Å². The van der Waals surface area contributed by atoms with Crippen LogP contribution in [0.15, 0.2) is 24.3 Å². The maximum Gasteiger partial charge on any atom is 0.236 e. The third-order valence-electron chi connectivity index (χ3n) is 4.87. The number of likely N-dealkylation sites (N-methyl/N-ethyl adjacent to an activating group) is 1. The predicted molar refractivity (Wildman–Crippen MR) is 97.2 cm³/mol. The third kappa shape index (κ3) is 5.80. The van der Waals surface area contributed by atoms with Gasteiger partial charge in [-0.3, -0.25) is 9.69 Å². The number of carbonyl (C=O) groups is 1. The van der Waals surface area contributed by atoms with Gasteiger partial charge in [-0.2, -0.15) is 0 Å². The summed E-state index contributed by atoms with van der Waals surface area (Å²) < 4.78 is 5.16. The molecule has 1 aliphatic heterocycles. The van der Waals surface area contributed by atoms with E-state index in [9.17, 15) is 4.79 Å². The van der Waals surface area contributed by atoms with Gasteiger partial charge < -0.3 is 15.0 Å². The minimum absolute atomic E-state index is 0.194. The summed E-state index contributed by atoms with van der Waals surface area (Å²) >= 11 is 0. The van der Waals surface area contributed by atoms with Crippen LogP contribution in [0.25, 0.3) is 0 Å². The fourth-order valence-electron chi connectivity index (χ4n) is 3.19. The zero-order valence-corrected chi connectivity index (χ0v) is 15.3. The molecule has 2 rings (SSSR count). The SMILES string of the molecule is CNCCC1CCN(CC(=O)N(C)Cc2ccc(OC)cc2)CC1. The van der Waals surface area contributed by atoms with E-state index in [1.54, 1.807) is 7.11 Å². The number of amides is 1. The molecule has 1 heterocycles. The van der Waals surface area contributed by atoms with Crippen LogP contribution in [0, 0.1) is 5.92 Å². The largest absolute Gasteiger partial charge is 0.497 e. The van der Waals surface area contributed by atoms with Crippen molar-refractivity contribution in [2.24, 2.45) is 5.92 Å². The molecule has 0 saturated carbocycles. The summed E-state index contributed by atoms with van der Waals surface area (Å²) in [5.41, 5.74) is 1.12. The fourth-order valence-corrected chi connectivity index (χ4v) is 3.19. The van der Waals surface area contributed by atoms with Crippen molar-refractivity contribution >= 4 is 5.91 Å². The highest BCUT2D eigenvalue weighted by Gasteiger charge is 2.21. The Hall–Kier alpha value is -1.59. The maximum absolute atomic E-state index is 12.4. The Balaban J connectivity index is 1.73. The smallest absolute Gasteiger partial charge is 0.236 e. The molecule has 0 atom stereocenters. The zero-order valence-electron chi connectivity index (χ0n) is 15.3. The molecule has 0 radical (unpaired) electrons. The Labute approximate surface area is 146 Å². The van der Waals surface area contributed by atoms with Crippen LogP contribution in [-0.4, -0.2) is 63.1 Å². The molecule has 1 saturated heterocycles. The van der Waals surface area contributed by atoms with E-state index < -0.39 is 0 Å². The zero-order chi connectivity index (χ0) is 17.4. The molecule has 0 aliphatic carbocycles.